The maximum absolute atomic E-state index is 12.1. The van der Waals surface area contributed by atoms with E-state index in [2.05, 4.69) is 33.4 Å². The first-order valence-electron chi connectivity index (χ1n) is 8.90. The standard InChI is InChI=1S/C21H18BN5O/c1-12-10-15(20(28)27(12)2)7-6-13-4-3-5-14(11-13)16-8-9-17-18(24-16)19(23)26-21(22)25-17/h3-5,8-9,11,15H,1,10,22H2,2H3,(H2,23,25,26)/t15-/m0/s1. The number of aromatic nitrogens is 3. The van der Waals surface area contributed by atoms with Crippen molar-refractivity contribution >= 4 is 36.3 Å². The van der Waals surface area contributed by atoms with Crippen molar-refractivity contribution in [1.82, 2.24) is 19.9 Å². The molecule has 0 aliphatic carbocycles. The zero-order valence-corrected chi connectivity index (χ0v) is 15.7. The highest BCUT2D eigenvalue weighted by Crippen LogP contribution is 2.25. The van der Waals surface area contributed by atoms with E-state index in [1.165, 1.54) is 0 Å². The molecule has 1 aromatic carbocycles. The molecular weight excluding hydrogens is 349 g/mol. The molecule has 7 heteroatoms. The van der Waals surface area contributed by atoms with E-state index in [4.69, 9.17) is 5.73 Å². The van der Waals surface area contributed by atoms with Crippen molar-refractivity contribution < 1.29 is 4.79 Å². The van der Waals surface area contributed by atoms with E-state index in [1.54, 1.807) is 19.8 Å². The van der Waals surface area contributed by atoms with Gasteiger partial charge in [0.15, 0.2) is 13.7 Å². The SMILES string of the molecule is Bc1nc(N)c2nc(-c3cccc(C#C[C@H]4CC(=C)N(C)C4=O)c3)ccc2n1. The molecule has 1 atom stereocenters. The minimum absolute atomic E-state index is 0.00406. The molecule has 0 unspecified atom stereocenters. The second-order valence-electron chi connectivity index (χ2n) is 6.79. The maximum atomic E-state index is 12.1. The van der Waals surface area contributed by atoms with Crippen LogP contribution in [0.3, 0.4) is 0 Å². The highest BCUT2D eigenvalue weighted by Gasteiger charge is 2.30. The van der Waals surface area contributed by atoms with E-state index >= 15 is 0 Å². The number of fused-ring (bicyclic) bond motifs is 1. The second kappa shape index (κ2) is 6.82. The lowest BCUT2D eigenvalue weighted by Gasteiger charge is -2.07. The van der Waals surface area contributed by atoms with E-state index < -0.39 is 0 Å². The summed E-state index contributed by atoms with van der Waals surface area (Å²) >= 11 is 0. The van der Waals surface area contributed by atoms with Crippen molar-refractivity contribution in [1.29, 1.82) is 0 Å². The van der Waals surface area contributed by atoms with Gasteiger partial charge in [-0.1, -0.05) is 30.6 Å². The third kappa shape index (κ3) is 3.21. The van der Waals surface area contributed by atoms with Crippen LogP contribution in [-0.2, 0) is 4.79 Å². The van der Waals surface area contributed by atoms with Crippen molar-refractivity contribution in [3.8, 4) is 23.1 Å². The van der Waals surface area contributed by atoms with Crippen molar-refractivity contribution in [2.24, 2.45) is 5.92 Å². The van der Waals surface area contributed by atoms with Gasteiger partial charge in [0.2, 0.25) is 5.91 Å². The lowest BCUT2D eigenvalue weighted by molar-refractivity contribution is -0.127. The summed E-state index contributed by atoms with van der Waals surface area (Å²) < 4.78 is 0. The van der Waals surface area contributed by atoms with E-state index in [-0.39, 0.29) is 11.8 Å². The zero-order valence-electron chi connectivity index (χ0n) is 15.7. The van der Waals surface area contributed by atoms with Crippen LogP contribution in [0.15, 0.2) is 48.7 Å². The number of carbonyl (C=O) groups excluding carboxylic acids is 1. The van der Waals surface area contributed by atoms with Crippen LogP contribution < -0.4 is 11.5 Å². The van der Waals surface area contributed by atoms with E-state index in [9.17, 15) is 4.79 Å². The maximum Gasteiger partial charge on any atom is 0.242 e. The minimum atomic E-state index is -0.333. The number of nitrogens with zero attached hydrogens (tertiary/aromatic N) is 4. The predicted octanol–water partition coefficient (Wildman–Crippen LogP) is 0.876. The Balaban J connectivity index is 1.67. The molecule has 0 spiro atoms. The smallest absolute Gasteiger partial charge is 0.242 e. The molecule has 1 aliphatic heterocycles. The number of hydrogen-bond donors (Lipinski definition) is 1. The van der Waals surface area contributed by atoms with Gasteiger partial charge in [-0.3, -0.25) is 4.79 Å². The van der Waals surface area contributed by atoms with Crippen molar-refractivity contribution in [2.45, 2.75) is 6.42 Å². The third-order valence-corrected chi connectivity index (χ3v) is 4.77. The summed E-state index contributed by atoms with van der Waals surface area (Å²) in [5, 5.41) is 0. The fraction of sp³-hybridized carbons (Fsp3) is 0.143. The Morgan fingerprint density at radius 2 is 2.07 bits per heavy atom. The Morgan fingerprint density at radius 1 is 1.25 bits per heavy atom. The highest BCUT2D eigenvalue weighted by atomic mass is 16.2. The lowest BCUT2D eigenvalue weighted by atomic mass is 10.0. The highest BCUT2D eigenvalue weighted by molar-refractivity contribution is 6.29. The van der Waals surface area contributed by atoms with Gasteiger partial charge < -0.3 is 10.6 Å². The number of allylic oxidation sites excluding steroid dienone is 1. The number of rotatable bonds is 1. The molecule has 0 radical (unpaired) electrons. The molecule has 28 heavy (non-hydrogen) atoms. The third-order valence-electron chi connectivity index (χ3n) is 4.77. The van der Waals surface area contributed by atoms with Crippen LogP contribution in [0.5, 0.6) is 0 Å². The van der Waals surface area contributed by atoms with Crippen LogP contribution in [0.1, 0.15) is 12.0 Å². The molecule has 1 saturated heterocycles. The first kappa shape index (κ1) is 17.7. The number of anilines is 1. The summed E-state index contributed by atoms with van der Waals surface area (Å²) in [5.74, 6) is 6.21. The number of hydrogen-bond acceptors (Lipinski definition) is 5. The Morgan fingerprint density at radius 3 is 2.82 bits per heavy atom. The monoisotopic (exact) mass is 367 g/mol. The molecule has 1 aliphatic rings. The molecule has 2 aromatic heterocycles. The Kier molecular flexibility index (Phi) is 4.32. The normalized spacial score (nSPS) is 16.3. The number of benzene rings is 1. The first-order valence-corrected chi connectivity index (χ1v) is 8.90. The summed E-state index contributed by atoms with van der Waals surface area (Å²) in [4.78, 5) is 26.9. The summed E-state index contributed by atoms with van der Waals surface area (Å²) in [6, 6.07) is 11.5. The summed E-state index contributed by atoms with van der Waals surface area (Å²) in [7, 11) is 3.53. The van der Waals surface area contributed by atoms with E-state index in [0.717, 1.165) is 22.5 Å². The molecule has 2 N–H and O–H groups in total. The van der Waals surface area contributed by atoms with Crippen LogP contribution in [0.2, 0.25) is 0 Å². The van der Waals surface area contributed by atoms with Crippen LogP contribution in [0.25, 0.3) is 22.3 Å². The summed E-state index contributed by atoms with van der Waals surface area (Å²) in [6.45, 7) is 3.89. The quantitative estimate of drug-likeness (QED) is 0.510. The molecular formula is C21H18BN5O. The van der Waals surface area contributed by atoms with Gasteiger partial charge in [0.1, 0.15) is 11.4 Å². The fourth-order valence-electron chi connectivity index (χ4n) is 3.21. The van der Waals surface area contributed by atoms with Gasteiger partial charge in [0.05, 0.1) is 16.9 Å². The number of nitrogen functional groups attached to an aromatic ring is 1. The molecule has 3 aromatic rings. The molecule has 4 rings (SSSR count). The number of nitrogens with two attached hydrogens (primary N) is 1. The Hall–Kier alpha value is -3.66. The van der Waals surface area contributed by atoms with Crippen LogP contribution in [0, 0.1) is 17.8 Å². The lowest BCUT2D eigenvalue weighted by Crippen LogP contribution is -2.20. The van der Waals surface area contributed by atoms with E-state index in [0.29, 0.717) is 29.0 Å². The number of likely N-dealkylation sites (tertiary alicyclic amines) is 1. The summed E-state index contributed by atoms with van der Waals surface area (Å²) in [5.41, 5.74) is 11.2. The molecule has 0 bridgehead atoms. The topological polar surface area (TPSA) is 85.0 Å². The first-order chi connectivity index (χ1) is 13.4. The van der Waals surface area contributed by atoms with Gasteiger partial charge in [-0.15, -0.1) is 0 Å². The number of pyridine rings is 1. The fourth-order valence-corrected chi connectivity index (χ4v) is 3.21. The van der Waals surface area contributed by atoms with Crippen LogP contribution >= 0.6 is 0 Å². The number of amides is 1. The molecule has 6 nitrogen and oxygen atoms in total. The zero-order chi connectivity index (χ0) is 19.8. The molecule has 0 saturated carbocycles. The van der Waals surface area contributed by atoms with Crippen molar-refractivity contribution in [2.75, 3.05) is 12.8 Å². The largest absolute Gasteiger partial charge is 0.382 e. The van der Waals surface area contributed by atoms with Gasteiger partial charge in [-0.25, -0.2) is 15.0 Å². The van der Waals surface area contributed by atoms with Crippen molar-refractivity contribution in [3.63, 3.8) is 0 Å². The Labute approximate surface area is 163 Å². The van der Waals surface area contributed by atoms with Gasteiger partial charge in [0, 0.05) is 30.3 Å². The molecule has 136 valence electrons. The average Bonchev–Trinajstić information content (AvgIpc) is 2.93. The summed E-state index contributed by atoms with van der Waals surface area (Å²) in [6.07, 6.45) is 0.576. The second-order valence-corrected chi connectivity index (χ2v) is 6.79. The van der Waals surface area contributed by atoms with Crippen LogP contribution in [0.4, 0.5) is 5.82 Å². The molecule has 3 heterocycles. The Bertz CT molecular complexity index is 1190. The predicted molar refractivity (Wildman–Crippen MR) is 112 cm³/mol. The number of carbonyl (C=O) groups is 1. The average molecular weight is 367 g/mol. The molecule has 1 amide bonds. The van der Waals surface area contributed by atoms with Gasteiger partial charge in [-0.05, 0) is 24.3 Å². The van der Waals surface area contributed by atoms with E-state index in [1.807, 2.05) is 36.4 Å². The van der Waals surface area contributed by atoms with Gasteiger partial charge in [-0.2, -0.15) is 0 Å². The van der Waals surface area contributed by atoms with Crippen molar-refractivity contribution in [3.05, 3.63) is 54.2 Å². The molecule has 1 fully saturated rings. The van der Waals surface area contributed by atoms with Gasteiger partial charge in [0.25, 0.3) is 0 Å². The minimum Gasteiger partial charge on any atom is -0.382 e. The van der Waals surface area contributed by atoms with Gasteiger partial charge >= 0.3 is 0 Å². The van der Waals surface area contributed by atoms with Crippen LogP contribution in [-0.4, -0.2) is 40.7 Å².